The van der Waals surface area contributed by atoms with Gasteiger partial charge in [0.25, 0.3) is 0 Å². The van der Waals surface area contributed by atoms with Crippen LogP contribution >= 0.6 is 24.1 Å². The number of alkyl halides is 2. The molecule has 0 unspecified atom stereocenters. The van der Waals surface area contributed by atoms with Crippen LogP contribution in [0.1, 0.15) is 0 Å². The highest BCUT2D eigenvalue weighted by Crippen LogP contribution is 2.37. The Balaban J connectivity index is 2.11. The molecule has 0 spiro atoms. The van der Waals surface area contributed by atoms with Gasteiger partial charge in [0.2, 0.25) is 0 Å². The standard InChI is InChI=1S/C13H10F2O6S4/c14-13(15,24(16,17)20-22-11-7-3-1-4-8-11)25(18,19)21-23-12-9-5-2-6-10-12/h1-10H. The molecule has 0 atom stereocenters. The minimum absolute atomic E-state index is 0.0901. The van der Waals surface area contributed by atoms with Crippen LogP contribution in [0, 0.1) is 0 Å². The number of hydrogen-bond donors (Lipinski definition) is 0. The fraction of sp³-hybridized carbons (Fsp3) is 0.0769. The summed E-state index contributed by atoms with van der Waals surface area (Å²) in [6, 6.07) is 14.9. The molecule has 6 nitrogen and oxygen atoms in total. The Morgan fingerprint density at radius 3 is 1.32 bits per heavy atom. The van der Waals surface area contributed by atoms with Crippen molar-refractivity contribution in [3.8, 4) is 0 Å². The predicted molar refractivity (Wildman–Crippen MR) is 89.6 cm³/mol. The van der Waals surface area contributed by atoms with Gasteiger partial charge in [-0.15, -0.1) is 0 Å². The quantitative estimate of drug-likeness (QED) is 0.589. The van der Waals surface area contributed by atoms with Gasteiger partial charge in [-0.25, -0.2) is 0 Å². The summed E-state index contributed by atoms with van der Waals surface area (Å²) in [5, 5.41) is 0. The monoisotopic (exact) mass is 428 g/mol. The summed E-state index contributed by atoms with van der Waals surface area (Å²) in [5.41, 5.74) is 0. The van der Waals surface area contributed by atoms with E-state index in [2.05, 4.69) is 7.26 Å². The molecule has 0 aromatic heterocycles. The first-order valence-electron chi connectivity index (χ1n) is 6.35. The van der Waals surface area contributed by atoms with Gasteiger partial charge >= 0.3 is 24.8 Å². The van der Waals surface area contributed by atoms with Crippen LogP contribution in [0.2, 0.25) is 0 Å². The van der Waals surface area contributed by atoms with Gasteiger partial charge in [-0.2, -0.15) is 32.9 Å². The molecule has 0 saturated carbocycles. The van der Waals surface area contributed by atoms with Crippen LogP contribution in [0.25, 0.3) is 0 Å². The molecule has 0 saturated heterocycles. The molecular formula is C13H10F2O6S4. The third-order valence-corrected chi connectivity index (χ3v) is 7.80. The third kappa shape index (κ3) is 4.92. The maximum Gasteiger partial charge on any atom is 0.498 e. The van der Waals surface area contributed by atoms with Gasteiger partial charge in [-0.3, -0.25) is 0 Å². The minimum atomic E-state index is -5.82. The van der Waals surface area contributed by atoms with Crippen molar-refractivity contribution in [1.29, 1.82) is 0 Å². The number of halogens is 2. The van der Waals surface area contributed by atoms with E-state index in [1.165, 1.54) is 48.5 Å². The van der Waals surface area contributed by atoms with Crippen molar-refractivity contribution in [1.82, 2.24) is 0 Å². The lowest BCUT2D eigenvalue weighted by Gasteiger charge is -2.15. The van der Waals surface area contributed by atoms with E-state index in [9.17, 15) is 25.6 Å². The van der Waals surface area contributed by atoms with E-state index in [-0.39, 0.29) is 33.9 Å². The van der Waals surface area contributed by atoms with Crippen molar-refractivity contribution >= 4 is 44.3 Å². The van der Waals surface area contributed by atoms with Gasteiger partial charge in [-0.1, -0.05) is 36.4 Å². The SMILES string of the molecule is O=S(=O)(OSc1ccccc1)C(F)(F)S(=O)(=O)OSc1ccccc1. The molecule has 0 aliphatic heterocycles. The van der Waals surface area contributed by atoms with Crippen molar-refractivity contribution in [2.75, 3.05) is 0 Å². The van der Waals surface area contributed by atoms with Crippen LogP contribution in [-0.2, 0) is 27.5 Å². The van der Waals surface area contributed by atoms with E-state index in [0.29, 0.717) is 0 Å². The second kappa shape index (κ2) is 8.01. The Labute approximate surface area is 152 Å². The van der Waals surface area contributed by atoms with Crippen molar-refractivity contribution in [2.24, 2.45) is 0 Å². The zero-order chi connectivity index (χ0) is 18.6. The lowest BCUT2D eigenvalue weighted by molar-refractivity contribution is 0.160. The lowest BCUT2D eigenvalue weighted by atomic mass is 10.4. The Kier molecular flexibility index (Phi) is 6.45. The topological polar surface area (TPSA) is 86.7 Å². The van der Waals surface area contributed by atoms with E-state index in [1.54, 1.807) is 12.1 Å². The molecule has 2 rings (SSSR count). The second-order valence-corrected chi connectivity index (χ2v) is 9.77. The van der Waals surface area contributed by atoms with Crippen LogP contribution < -0.4 is 0 Å². The maximum atomic E-state index is 13.9. The largest absolute Gasteiger partial charge is 0.498 e. The van der Waals surface area contributed by atoms with Gasteiger partial charge in [-0.05, 0) is 24.3 Å². The minimum Gasteiger partial charge on any atom is -0.191 e. The van der Waals surface area contributed by atoms with Gasteiger partial charge in [0.05, 0.1) is 0 Å². The maximum absolute atomic E-state index is 13.9. The Hall–Kier alpha value is -1.18. The summed E-state index contributed by atoms with van der Waals surface area (Å²) in [7, 11) is -11.6. The molecule has 2 aromatic rings. The molecule has 0 bridgehead atoms. The predicted octanol–water partition coefficient (Wildman–Crippen LogP) is 3.64. The Bertz CT molecular complexity index is 827. The summed E-state index contributed by atoms with van der Waals surface area (Å²) >= 11 is 0.180. The molecule has 0 fully saturated rings. The van der Waals surface area contributed by atoms with Gasteiger partial charge in [0.15, 0.2) is 0 Å². The zero-order valence-electron chi connectivity index (χ0n) is 12.1. The molecule has 2 aromatic carbocycles. The highest BCUT2D eigenvalue weighted by molar-refractivity contribution is 8.14. The normalized spacial score (nSPS) is 12.9. The van der Waals surface area contributed by atoms with Crippen LogP contribution in [0.15, 0.2) is 70.5 Å². The third-order valence-electron chi connectivity index (χ3n) is 2.51. The van der Waals surface area contributed by atoms with E-state index in [4.69, 9.17) is 0 Å². The van der Waals surface area contributed by atoms with Crippen molar-refractivity contribution in [3.63, 3.8) is 0 Å². The van der Waals surface area contributed by atoms with Crippen LogP contribution in [0.3, 0.4) is 0 Å². The fourth-order valence-electron chi connectivity index (χ4n) is 1.32. The Morgan fingerprint density at radius 1 is 0.680 bits per heavy atom. The molecule has 0 radical (unpaired) electrons. The molecule has 0 aliphatic carbocycles. The molecule has 0 aliphatic rings. The van der Waals surface area contributed by atoms with Gasteiger partial charge in [0.1, 0.15) is 0 Å². The molecular weight excluding hydrogens is 418 g/mol. The highest BCUT2D eigenvalue weighted by atomic mass is 32.3. The van der Waals surface area contributed by atoms with E-state index in [1.807, 2.05) is 0 Å². The van der Waals surface area contributed by atoms with Crippen molar-refractivity contribution in [3.05, 3.63) is 60.7 Å². The summed E-state index contributed by atoms with van der Waals surface area (Å²) in [4.78, 5) is 0.387. The number of benzene rings is 2. The first-order valence-corrected chi connectivity index (χ1v) is 10.6. The van der Waals surface area contributed by atoms with E-state index < -0.39 is 24.8 Å². The number of hydrogen-bond acceptors (Lipinski definition) is 8. The zero-order valence-corrected chi connectivity index (χ0v) is 15.4. The summed E-state index contributed by atoms with van der Waals surface area (Å²) in [6.45, 7) is 0. The molecule has 0 N–H and O–H groups in total. The molecule has 25 heavy (non-hydrogen) atoms. The fourth-order valence-corrected chi connectivity index (χ4v) is 5.34. The number of rotatable bonds is 8. The average Bonchev–Trinajstić information content (AvgIpc) is 2.60. The summed E-state index contributed by atoms with van der Waals surface area (Å²) in [5.74, 6) is 0. The molecule has 0 heterocycles. The van der Waals surface area contributed by atoms with Crippen LogP contribution in [-0.4, -0.2) is 21.4 Å². The Morgan fingerprint density at radius 2 is 1.00 bits per heavy atom. The first-order chi connectivity index (χ1) is 11.7. The lowest BCUT2D eigenvalue weighted by Crippen LogP contribution is -2.38. The average molecular weight is 428 g/mol. The van der Waals surface area contributed by atoms with Gasteiger partial charge in [0, 0.05) is 33.9 Å². The van der Waals surface area contributed by atoms with Gasteiger partial charge < -0.3 is 0 Å². The van der Waals surface area contributed by atoms with Crippen LogP contribution in [0.4, 0.5) is 8.78 Å². The first kappa shape index (κ1) is 20.1. The van der Waals surface area contributed by atoms with E-state index >= 15 is 0 Å². The summed E-state index contributed by atoms with van der Waals surface area (Å²) in [6.07, 6.45) is 0. The smallest absolute Gasteiger partial charge is 0.191 e. The second-order valence-electron chi connectivity index (χ2n) is 4.30. The van der Waals surface area contributed by atoms with Crippen LogP contribution in [0.5, 0.6) is 0 Å². The van der Waals surface area contributed by atoms with Crippen molar-refractivity contribution < 1.29 is 32.9 Å². The highest BCUT2D eigenvalue weighted by Gasteiger charge is 2.61. The molecule has 12 heteroatoms. The van der Waals surface area contributed by atoms with Crippen molar-refractivity contribution in [2.45, 2.75) is 14.4 Å². The molecule has 136 valence electrons. The summed E-state index contributed by atoms with van der Waals surface area (Å²) < 4.78 is 77.2. The van der Waals surface area contributed by atoms with E-state index in [0.717, 1.165) is 0 Å². The molecule has 0 amide bonds.